The highest BCUT2D eigenvalue weighted by atomic mass is 19.1. The lowest BCUT2D eigenvalue weighted by Crippen LogP contribution is -1.99. The zero-order chi connectivity index (χ0) is 10.1. The molecule has 2 N–H and O–H groups in total. The summed E-state index contributed by atoms with van der Waals surface area (Å²) in [5, 5.41) is 0.945. The van der Waals surface area contributed by atoms with Gasteiger partial charge in [0.15, 0.2) is 0 Å². The molecular formula is C11H11FN2. The number of aryl methyl sites for hydroxylation is 1. The van der Waals surface area contributed by atoms with E-state index in [-0.39, 0.29) is 5.82 Å². The molecule has 0 amide bonds. The number of pyridine rings is 1. The Morgan fingerprint density at radius 2 is 2.14 bits per heavy atom. The van der Waals surface area contributed by atoms with Crippen molar-refractivity contribution < 1.29 is 4.39 Å². The molecule has 2 nitrogen and oxygen atoms in total. The van der Waals surface area contributed by atoms with Gasteiger partial charge in [0.25, 0.3) is 0 Å². The molecule has 0 atom stereocenters. The summed E-state index contributed by atoms with van der Waals surface area (Å²) in [6.07, 6.45) is 0. The lowest BCUT2D eigenvalue weighted by molar-refractivity contribution is 0.620. The summed E-state index contributed by atoms with van der Waals surface area (Å²) >= 11 is 0. The van der Waals surface area contributed by atoms with Gasteiger partial charge in [0.1, 0.15) is 5.82 Å². The van der Waals surface area contributed by atoms with Crippen molar-refractivity contribution in [3.63, 3.8) is 0 Å². The van der Waals surface area contributed by atoms with E-state index >= 15 is 0 Å². The van der Waals surface area contributed by atoms with E-state index in [1.807, 2.05) is 12.1 Å². The second-order valence-electron chi connectivity index (χ2n) is 3.30. The van der Waals surface area contributed by atoms with Gasteiger partial charge < -0.3 is 5.73 Å². The highest BCUT2D eigenvalue weighted by molar-refractivity contribution is 5.79. The first-order valence-corrected chi connectivity index (χ1v) is 4.46. The molecule has 0 aliphatic rings. The van der Waals surface area contributed by atoms with Gasteiger partial charge in [-0.15, -0.1) is 0 Å². The van der Waals surface area contributed by atoms with Crippen LogP contribution in [0.4, 0.5) is 4.39 Å². The molecule has 0 unspecified atom stereocenters. The first-order chi connectivity index (χ1) is 6.70. The first-order valence-electron chi connectivity index (χ1n) is 4.46. The quantitative estimate of drug-likeness (QED) is 0.748. The van der Waals surface area contributed by atoms with E-state index in [2.05, 4.69) is 4.98 Å². The fourth-order valence-corrected chi connectivity index (χ4v) is 1.42. The molecule has 1 aromatic carbocycles. The predicted octanol–water partition coefficient (Wildman–Crippen LogP) is 2.14. The molecule has 2 aromatic rings. The standard InChI is InChI=1S/C11H11FN2/c1-7-4-8-2-3-9(6-13)14-11(8)5-10(7)12/h2-5H,6,13H2,1H3. The van der Waals surface area contributed by atoms with E-state index in [0.717, 1.165) is 11.1 Å². The van der Waals surface area contributed by atoms with Gasteiger partial charge in [0.05, 0.1) is 11.2 Å². The van der Waals surface area contributed by atoms with Gasteiger partial charge in [-0.1, -0.05) is 6.07 Å². The number of aromatic nitrogens is 1. The van der Waals surface area contributed by atoms with Crippen LogP contribution < -0.4 is 5.73 Å². The molecule has 1 heterocycles. The molecular weight excluding hydrogens is 179 g/mol. The van der Waals surface area contributed by atoms with Gasteiger partial charge >= 0.3 is 0 Å². The molecule has 0 bridgehead atoms. The van der Waals surface area contributed by atoms with Crippen LogP contribution in [0.1, 0.15) is 11.3 Å². The van der Waals surface area contributed by atoms with Crippen LogP contribution in [0.3, 0.4) is 0 Å². The smallest absolute Gasteiger partial charge is 0.128 e. The van der Waals surface area contributed by atoms with Crippen molar-refractivity contribution in [2.24, 2.45) is 5.73 Å². The number of nitrogens with zero attached hydrogens (tertiary/aromatic N) is 1. The minimum absolute atomic E-state index is 0.223. The summed E-state index contributed by atoms with van der Waals surface area (Å²) in [5.41, 5.74) is 7.53. The van der Waals surface area contributed by atoms with Crippen LogP contribution in [0.25, 0.3) is 10.9 Å². The van der Waals surface area contributed by atoms with Gasteiger partial charge in [-0.2, -0.15) is 0 Å². The lowest BCUT2D eigenvalue weighted by Gasteiger charge is -2.02. The van der Waals surface area contributed by atoms with E-state index in [9.17, 15) is 4.39 Å². The topological polar surface area (TPSA) is 38.9 Å². The zero-order valence-electron chi connectivity index (χ0n) is 7.92. The summed E-state index contributed by atoms with van der Waals surface area (Å²) in [6, 6.07) is 7.01. The van der Waals surface area contributed by atoms with Crippen molar-refractivity contribution in [3.8, 4) is 0 Å². The van der Waals surface area contributed by atoms with Gasteiger partial charge in [0.2, 0.25) is 0 Å². The predicted molar refractivity (Wildman–Crippen MR) is 54.3 cm³/mol. The van der Waals surface area contributed by atoms with Crippen LogP contribution in [0.2, 0.25) is 0 Å². The van der Waals surface area contributed by atoms with Gasteiger partial charge in [0, 0.05) is 18.0 Å². The van der Waals surface area contributed by atoms with E-state index in [0.29, 0.717) is 17.6 Å². The Bertz CT molecular complexity index is 480. The monoisotopic (exact) mass is 190 g/mol. The zero-order valence-corrected chi connectivity index (χ0v) is 7.92. The SMILES string of the molecule is Cc1cc2ccc(CN)nc2cc1F. The van der Waals surface area contributed by atoms with E-state index in [1.54, 1.807) is 13.0 Å². The number of benzene rings is 1. The van der Waals surface area contributed by atoms with Gasteiger partial charge in [-0.3, -0.25) is 4.98 Å². The van der Waals surface area contributed by atoms with Crippen LogP contribution in [-0.4, -0.2) is 4.98 Å². The molecule has 72 valence electrons. The van der Waals surface area contributed by atoms with Crippen molar-refractivity contribution in [1.82, 2.24) is 4.98 Å². The molecule has 0 aliphatic heterocycles. The molecule has 14 heavy (non-hydrogen) atoms. The molecule has 0 fully saturated rings. The molecule has 0 radical (unpaired) electrons. The van der Waals surface area contributed by atoms with Crippen molar-refractivity contribution in [2.75, 3.05) is 0 Å². The second-order valence-corrected chi connectivity index (χ2v) is 3.30. The van der Waals surface area contributed by atoms with Crippen molar-refractivity contribution in [2.45, 2.75) is 13.5 Å². The van der Waals surface area contributed by atoms with Crippen molar-refractivity contribution >= 4 is 10.9 Å². The van der Waals surface area contributed by atoms with E-state index in [4.69, 9.17) is 5.73 Å². The number of hydrogen-bond donors (Lipinski definition) is 1. The number of halogens is 1. The van der Waals surface area contributed by atoms with Crippen LogP contribution >= 0.6 is 0 Å². The average molecular weight is 190 g/mol. The Morgan fingerprint density at radius 3 is 2.86 bits per heavy atom. The minimum atomic E-state index is -0.223. The summed E-state index contributed by atoms with van der Waals surface area (Å²) in [6.45, 7) is 2.12. The molecule has 0 spiro atoms. The maximum atomic E-state index is 13.2. The van der Waals surface area contributed by atoms with Crippen LogP contribution in [0.5, 0.6) is 0 Å². The highest BCUT2D eigenvalue weighted by Gasteiger charge is 2.02. The molecule has 2 rings (SSSR count). The normalized spacial score (nSPS) is 10.8. The molecule has 0 saturated heterocycles. The maximum Gasteiger partial charge on any atom is 0.128 e. The molecule has 0 saturated carbocycles. The van der Waals surface area contributed by atoms with Crippen LogP contribution in [0.15, 0.2) is 24.3 Å². The fourth-order valence-electron chi connectivity index (χ4n) is 1.42. The molecule has 0 aliphatic carbocycles. The third kappa shape index (κ3) is 1.46. The third-order valence-corrected chi connectivity index (χ3v) is 2.24. The largest absolute Gasteiger partial charge is 0.325 e. The first kappa shape index (κ1) is 9.09. The van der Waals surface area contributed by atoms with Crippen LogP contribution in [-0.2, 0) is 6.54 Å². The number of fused-ring (bicyclic) bond motifs is 1. The Balaban J connectivity index is 2.70. The summed E-state index contributed by atoms with van der Waals surface area (Å²) in [5.74, 6) is -0.223. The maximum absolute atomic E-state index is 13.2. The molecule has 1 aromatic heterocycles. The number of nitrogens with two attached hydrogens (primary N) is 1. The van der Waals surface area contributed by atoms with Crippen molar-refractivity contribution in [1.29, 1.82) is 0 Å². The lowest BCUT2D eigenvalue weighted by atomic mass is 10.1. The van der Waals surface area contributed by atoms with Crippen molar-refractivity contribution in [3.05, 3.63) is 41.3 Å². The van der Waals surface area contributed by atoms with Gasteiger partial charge in [-0.05, 0) is 24.6 Å². The van der Waals surface area contributed by atoms with Gasteiger partial charge in [-0.25, -0.2) is 4.39 Å². The Labute approximate surface area is 81.6 Å². The highest BCUT2D eigenvalue weighted by Crippen LogP contribution is 2.17. The summed E-state index contributed by atoms with van der Waals surface area (Å²) in [4.78, 5) is 4.23. The number of hydrogen-bond acceptors (Lipinski definition) is 2. The third-order valence-electron chi connectivity index (χ3n) is 2.24. The summed E-state index contributed by atoms with van der Waals surface area (Å²) < 4.78 is 13.2. The Morgan fingerprint density at radius 1 is 1.36 bits per heavy atom. The Kier molecular flexibility index (Phi) is 2.17. The van der Waals surface area contributed by atoms with Crippen LogP contribution in [0, 0.1) is 12.7 Å². The molecule has 3 heteroatoms. The Hall–Kier alpha value is -1.48. The minimum Gasteiger partial charge on any atom is -0.325 e. The van der Waals surface area contributed by atoms with E-state index in [1.165, 1.54) is 6.07 Å². The second kappa shape index (κ2) is 3.35. The van der Waals surface area contributed by atoms with E-state index < -0.39 is 0 Å². The number of rotatable bonds is 1. The summed E-state index contributed by atoms with van der Waals surface area (Å²) in [7, 11) is 0. The average Bonchev–Trinajstić information content (AvgIpc) is 2.19. The fraction of sp³-hybridized carbons (Fsp3) is 0.182.